The minimum absolute atomic E-state index is 0.139. The quantitative estimate of drug-likeness (QED) is 0.503. The monoisotopic (exact) mass is 367 g/mol. The highest BCUT2D eigenvalue weighted by Crippen LogP contribution is 2.52. The van der Waals surface area contributed by atoms with Crippen LogP contribution in [0.3, 0.4) is 0 Å². The summed E-state index contributed by atoms with van der Waals surface area (Å²) >= 11 is 0. The average Bonchev–Trinajstić information content (AvgIpc) is 2.35. The SMILES string of the molecule is C=CC(F)(F)C(F)(F)OC(F)(C(F)(F)F)C(F)(F)OC(F)C#N. The largest absolute Gasteiger partial charge is 0.458 e. The molecule has 0 rings (SSSR count). The Morgan fingerprint density at radius 3 is 1.65 bits per heavy atom. The first-order chi connectivity index (χ1) is 9.97. The number of nitriles is 1. The standard InChI is InChI=1S/C9H4F11NO2/c1-2-5(11,12)8(17,18)23-6(13,7(14,15)16)9(19,20)22-4(10)3-21/h2,4H,1H2. The lowest BCUT2D eigenvalue weighted by molar-refractivity contribution is -0.520. The van der Waals surface area contributed by atoms with Crippen molar-refractivity contribution >= 4 is 0 Å². The van der Waals surface area contributed by atoms with E-state index in [9.17, 15) is 48.3 Å². The zero-order valence-electron chi connectivity index (χ0n) is 10.3. The van der Waals surface area contributed by atoms with Crippen LogP contribution in [-0.4, -0.2) is 36.5 Å². The van der Waals surface area contributed by atoms with Crippen LogP contribution in [0.15, 0.2) is 12.7 Å². The van der Waals surface area contributed by atoms with E-state index in [1.54, 1.807) is 0 Å². The lowest BCUT2D eigenvalue weighted by Crippen LogP contribution is -2.63. The predicted octanol–water partition coefficient (Wildman–Crippen LogP) is 4.07. The predicted molar refractivity (Wildman–Crippen MR) is 47.6 cm³/mol. The van der Waals surface area contributed by atoms with Crippen molar-refractivity contribution < 1.29 is 57.8 Å². The lowest BCUT2D eigenvalue weighted by atomic mass is 10.2. The molecule has 0 aromatic rings. The van der Waals surface area contributed by atoms with Gasteiger partial charge in [-0.25, -0.2) is 0 Å². The third kappa shape index (κ3) is 4.02. The van der Waals surface area contributed by atoms with Crippen LogP contribution in [0.4, 0.5) is 48.3 Å². The summed E-state index contributed by atoms with van der Waals surface area (Å²) in [6.45, 7) is 2.08. The molecule has 0 aliphatic rings. The van der Waals surface area contributed by atoms with E-state index in [0.29, 0.717) is 0 Å². The van der Waals surface area contributed by atoms with Crippen LogP contribution in [-0.2, 0) is 9.47 Å². The summed E-state index contributed by atoms with van der Waals surface area (Å²) in [5, 5.41) is 7.76. The van der Waals surface area contributed by atoms with Gasteiger partial charge in [0.2, 0.25) is 0 Å². The highest BCUT2D eigenvalue weighted by molar-refractivity contribution is 4.98. The summed E-state index contributed by atoms with van der Waals surface area (Å²) in [6, 6.07) is 0.139. The van der Waals surface area contributed by atoms with Crippen molar-refractivity contribution in [3.05, 3.63) is 12.7 Å². The van der Waals surface area contributed by atoms with E-state index in [4.69, 9.17) is 5.26 Å². The van der Waals surface area contributed by atoms with Gasteiger partial charge >= 0.3 is 30.2 Å². The molecule has 0 heterocycles. The van der Waals surface area contributed by atoms with E-state index < -0.39 is 42.6 Å². The molecule has 0 saturated heterocycles. The first kappa shape index (κ1) is 21.4. The smallest absolute Gasteiger partial charge is 0.267 e. The van der Waals surface area contributed by atoms with Gasteiger partial charge in [0, 0.05) is 0 Å². The van der Waals surface area contributed by atoms with Gasteiger partial charge in [0.1, 0.15) is 6.07 Å². The molecule has 0 spiro atoms. The molecule has 14 heteroatoms. The molecule has 0 aromatic carbocycles. The molecule has 3 nitrogen and oxygen atoms in total. The van der Waals surface area contributed by atoms with Crippen molar-refractivity contribution in [1.29, 1.82) is 5.26 Å². The molecule has 0 radical (unpaired) electrons. The minimum Gasteiger partial charge on any atom is -0.267 e. The Balaban J connectivity index is 5.98. The van der Waals surface area contributed by atoms with E-state index in [2.05, 4.69) is 11.3 Å². The second-order valence-corrected chi connectivity index (χ2v) is 3.62. The van der Waals surface area contributed by atoms with Gasteiger partial charge in [-0.1, -0.05) is 6.58 Å². The molecule has 23 heavy (non-hydrogen) atoms. The number of rotatable bonds is 7. The van der Waals surface area contributed by atoms with Gasteiger partial charge in [0.05, 0.1) is 0 Å². The minimum atomic E-state index is -7.09. The van der Waals surface area contributed by atoms with Crippen molar-refractivity contribution in [3.63, 3.8) is 0 Å². The molecule has 0 fully saturated rings. The number of hydrogen-bond acceptors (Lipinski definition) is 3. The summed E-state index contributed by atoms with van der Waals surface area (Å²) in [4.78, 5) is 0. The van der Waals surface area contributed by atoms with E-state index in [1.807, 2.05) is 4.74 Å². The fraction of sp³-hybridized carbons (Fsp3) is 0.667. The zero-order chi connectivity index (χ0) is 18.9. The number of nitrogens with zero attached hydrogens (tertiary/aromatic N) is 1. The Bertz CT molecular complexity index is 483. The van der Waals surface area contributed by atoms with Crippen LogP contribution in [0.1, 0.15) is 0 Å². The Kier molecular flexibility index (Phi) is 5.68. The molecule has 0 saturated carbocycles. The average molecular weight is 367 g/mol. The Hall–Kier alpha value is -1.62. The van der Waals surface area contributed by atoms with Crippen molar-refractivity contribution in [3.8, 4) is 6.07 Å². The highest BCUT2D eigenvalue weighted by atomic mass is 19.4. The van der Waals surface area contributed by atoms with Crippen LogP contribution in [0.25, 0.3) is 0 Å². The van der Waals surface area contributed by atoms with Crippen LogP contribution in [0, 0.1) is 11.3 Å². The summed E-state index contributed by atoms with van der Waals surface area (Å²) in [7, 11) is 0. The maximum atomic E-state index is 13.4. The van der Waals surface area contributed by atoms with Gasteiger partial charge in [0.15, 0.2) is 0 Å². The molecular formula is C9H4F11NO2. The molecule has 2 atom stereocenters. The summed E-state index contributed by atoms with van der Waals surface area (Å²) in [5.41, 5.74) is 0. The second-order valence-electron chi connectivity index (χ2n) is 3.62. The number of ether oxygens (including phenoxy) is 2. The van der Waals surface area contributed by atoms with Gasteiger partial charge in [-0.15, -0.1) is 0 Å². The van der Waals surface area contributed by atoms with Gasteiger partial charge < -0.3 is 0 Å². The summed E-state index contributed by atoms with van der Waals surface area (Å²) in [6.07, 6.45) is -25.1. The third-order valence-corrected chi connectivity index (χ3v) is 2.01. The molecule has 134 valence electrons. The van der Waals surface area contributed by atoms with E-state index >= 15 is 0 Å². The molecule has 0 aliphatic carbocycles. The van der Waals surface area contributed by atoms with Gasteiger partial charge in [0.25, 0.3) is 6.36 Å². The maximum Gasteiger partial charge on any atom is 0.458 e. The summed E-state index contributed by atoms with van der Waals surface area (Å²) in [5.74, 6) is -12.6. The van der Waals surface area contributed by atoms with Crippen molar-refractivity contribution in [1.82, 2.24) is 0 Å². The van der Waals surface area contributed by atoms with Crippen LogP contribution in [0.5, 0.6) is 0 Å². The Morgan fingerprint density at radius 2 is 1.35 bits per heavy atom. The Morgan fingerprint density at radius 1 is 0.913 bits per heavy atom. The third-order valence-electron chi connectivity index (χ3n) is 2.01. The second kappa shape index (κ2) is 6.11. The van der Waals surface area contributed by atoms with Crippen LogP contribution < -0.4 is 0 Å². The maximum absolute atomic E-state index is 13.4. The molecule has 0 aliphatic heterocycles. The van der Waals surface area contributed by atoms with Gasteiger partial charge in [-0.3, -0.25) is 9.47 Å². The highest BCUT2D eigenvalue weighted by Gasteiger charge is 2.79. The Labute approximate surface area is 119 Å². The fourth-order valence-corrected chi connectivity index (χ4v) is 0.878. The lowest BCUT2D eigenvalue weighted by Gasteiger charge is -2.37. The topological polar surface area (TPSA) is 42.2 Å². The van der Waals surface area contributed by atoms with Gasteiger partial charge in [-0.2, -0.15) is 53.6 Å². The van der Waals surface area contributed by atoms with Gasteiger partial charge in [-0.05, 0) is 6.08 Å². The molecule has 0 N–H and O–H groups in total. The van der Waals surface area contributed by atoms with Crippen molar-refractivity contribution in [2.45, 2.75) is 36.5 Å². The molecule has 0 aromatic heterocycles. The van der Waals surface area contributed by atoms with E-state index in [0.717, 1.165) is 0 Å². The first-order valence-corrected chi connectivity index (χ1v) is 4.92. The van der Waals surface area contributed by atoms with E-state index in [1.165, 1.54) is 0 Å². The zero-order valence-corrected chi connectivity index (χ0v) is 10.3. The number of halogens is 11. The molecule has 2 unspecified atom stereocenters. The molecular weight excluding hydrogens is 363 g/mol. The van der Waals surface area contributed by atoms with E-state index in [-0.39, 0.29) is 6.07 Å². The number of hydrogen-bond donors (Lipinski definition) is 0. The number of alkyl halides is 11. The van der Waals surface area contributed by atoms with Crippen molar-refractivity contribution in [2.24, 2.45) is 0 Å². The first-order valence-electron chi connectivity index (χ1n) is 4.92. The van der Waals surface area contributed by atoms with Crippen molar-refractivity contribution in [2.75, 3.05) is 0 Å². The molecule has 0 amide bonds. The van der Waals surface area contributed by atoms with Crippen LogP contribution >= 0.6 is 0 Å². The normalized spacial score (nSPS) is 18.0. The molecule has 0 bridgehead atoms. The summed E-state index contributed by atoms with van der Waals surface area (Å²) < 4.78 is 144. The van der Waals surface area contributed by atoms with Crippen LogP contribution in [0.2, 0.25) is 0 Å². The fourth-order valence-electron chi connectivity index (χ4n) is 0.878.